The summed E-state index contributed by atoms with van der Waals surface area (Å²) >= 11 is 0. The number of amides is 3. The number of nitrogens with zero attached hydrogens (tertiary/aromatic N) is 4. The van der Waals surface area contributed by atoms with Crippen LogP contribution in [-0.2, 0) is 22.7 Å². The number of carbonyl (C=O) groups is 3. The van der Waals surface area contributed by atoms with E-state index in [0.29, 0.717) is 48.9 Å². The van der Waals surface area contributed by atoms with Gasteiger partial charge in [-0.3, -0.25) is 19.1 Å². The van der Waals surface area contributed by atoms with Gasteiger partial charge < -0.3 is 24.6 Å². The maximum absolute atomic E-state index is 13.7. The van der Waals surface area contributed by atoms with Crippen LogP contribution in [0.5, 0.6) is 11.5 Å². The minimum Gasteiger partial charge on any atom is -0.457 e. The number of nitrogens with one attached hydrogen (secondary N) is 1. The summed E-state index contributed by atoms with van der Waals surface area (Å²) in [7, 11) is 1.60. The van der Waals surface area contributed by atoms with Crippen LogP contribution < -0.4 is 10.1 Å². The molecule has 0 saturated carbocycles. The molecule has 0 radical (unpaired) electrons. The molecule has 4 bridgehead atoms. The molecule has 0 unspecified atom stereocenters. The average molecular weight is 574 g/mol. The fourth-order valence-corrected chi connectivity index (χ4v) is 5.38. The fraction of sp³-hybridized carbons (Fsp3) is 0.438. The second kappa shape index (κ2) is 12.4. The highest BCUT2D eigenvalue weighted by Gasteiger charge is 2.35. The van der Waals surface area contributed by atoms with Crippen LogP contribution in [0, 0.1) is 6.92 Å². The van der Waals surface area contributed by atoms with E-state index in [1.807, 2.05) is 50.2 Å². The summed E-state index contributed by atoms with van der Waals surface area (Å²) in [5.74, 6) is 0.679. The van der Waals surface area contributed by atoms with Gasteiger partial charge in [0.25, 0.3) is 11.8 Å². The van der Waals surface area contributed by atoms with Crippen LogP contribution in [-0.4, -0.2) is 76.1 Å². The molecule has 3 heterocycles. The molecule has 5 rings (SSSR count). The molecule has 2 aliphatic heterocycles. The Balaban J connectivity index is 1.41. The van der Waals surface area contributed by atoms with Crippen LogP contribution in [0.25, 0.3) is 0 Å². The topological polar surface area (TPSA) is 106 Å². The van der Waals surface area contributed by atoms with Gasteiger partial charge in [0, 0.05) is 32.2 Å². The Morgan fingerprint density at radius 3 is 2.71 bits per heavy atom. The molecule has 1 saturated heterocycles. The van der Waals surface area contributed by atoms with Crippen molar-refractivity contribution in [2.24, 2.45) is 0 Å². The average Bonchev–Trinajstić information content (AvgIpc) is 3.41. The molecule has 2 atom stereocenters. The van der Waals surface area contributed by atoms with E-state index in [2.05, 4.69) is 24.3 Å². The van der Waals surface area contributed by atoms with E-state index in [-0.39, 0.29) is 42.8 Å². The van der Waals surface area contributed by atoms with Crippen LogP contribution in [0.15, 0.2) is 48.5 Å². The van der Waals surface area contributed by atoms with Crippen LogP contribution >= 0.6 is 0 Å². The van der Waals surface area contributed by atoms with Crippen molar-refractivity contribution >= 4 is 17.7 Å². The molecule has 3 aromatic rings. The second-order valence-corrected chi connectivity index (χ2v) is 11.4. The van der Waals surface area contributed by atoms with E-state index in [1.54, 1.807) is 28.8 Å². The van der Waals surface area contributed by atoms with E-state index in [1.165, 1.54) is 4.90 Å². The maximum atomic E-state index is 13.7. The standard InChI is InChI=1S/C32H39N5O5/c1-6-37-27(16-25(34-37)20(2)3)32(40)36-13-12-28-26(17-36)33-30(38)18-35(5)31(39)23-11-10-21(4)29(15-23)42-24-9-7-8-22(14-24)19-41-28/h7-11,14-16,20,26,28H,6,12-13,17-19H2,1-5H3,(H,33,38)/t26-,28+/m0/s1. The highest BCUT2D eigenvalue weighted by molar-refractivity contribution is 5.97. The molecule has 42 heavy (non-hydrogen) atoms. The smallest absolute Gasteiger partial charge is 0.272 e. The third kappa shape index (κ3) is 6.33. The maximum Gasteiger partial charge on any atom is 0.272 e. The number of piperidine rings is 1. The Kier molecular flexibility index (Phi) is 8.63. The Bertz CT molecular complexity index is 1480. The van der Waals surface area contributed by atoms with Crippen molar-refractivity contribution in [1.82, 2.24) is 24.9 Å². The van der Waals surface area contributed by atoms with E-state index in [4.69, 9.17) is 9.47 Å². The van der Waals surface area contributed by atoms with Crippen molar-refractivity contribution in [3.63, 3.8) is 0 Å². The Morgan fingerprint density at radius 2 is 1.95 bits per heavy atom. The third-order valence-electron chi connectivity index (χ3n) is 7.84. The van der Waals surface area contributed by atoms with Crippen molar-refractivity contribution in [2.45, 2.75) is 65.3 Å². The quantitative estimate of drug-likeness (QED) is 0.505. The predicted octanol–water partition coefficient (Wildman–Crippen LogP) is 4.13. The summed E-state index contributed by atoms with van der Waals surface area (Å²) in [6.45, 7) is 9.51. The summed E-state index contributed by atoms with van der Waals surface area (Å²) in [4.78, 5) is 43.3. The fourth-order valence-electron chi connectivity index (χ4n) is 5.38. The molecular weight excluding hydrogens is 534 g/mol. The summed E-state index contributed by atoms with van der Waals surface area (Å²) in [6, 6.07) is 14.3. The lowest BCUT2D eigenvalue weighted by molar-refractivity contribution is -0.124. The molecule has 2 aromatic carbocycles. The van der Waals surface area contributed by atoms with Crippen LogP contribution in [0.2, 0.25) is 0 Å². The number of rotatable bonds is 3. The van der Waals surface area contributed by atoms with Gasteiger partial charge in [0.05, 0.1) is 31.0 Å². The van der Waals surface area contributed by atoms with Crippen molar-refractivity contribution < 1.29 is 23.9 Å². The van der Waals surface area contributed by atoms with Crippen molar-refractivity contribution in [2.75, 3.05) is 26.7 Å². The number of aromatic nitrogens is 2. The molecule has 3 amide bonds. The number of hydrogen-bond donors (Lipinski definition) is 1. The summed E-state index contributed by atoms with van der Waals surface area (Å²) in [5, 5.41) is 7.67. The molecule has 1 aromatic heterocycles. The number of benzene rings is 2. The first-order valence-corrected chi connectivity index (χ1v) is 14.5. The zero-order valence-corrected chi connectivity index (χ0v) is 24.9. The predicted molar refractivity (Wildman–Crippen MR) is 158 cm³/mol. The van der Waals surface area contributed by atoms with Crippen molar-refractivity contribution in [3.05, 3.63) is 76.6 Å². The zero-order valence-electron chi connectivity index (χ0n) is 24.9. The number of likely N-dealkylation sites (tertiary alicyclic amines) is 1. The van der Waals surface area contributed by atoms with Gasteiger partial charge in [-0.15, -0.1) is 0 Å². The molecule has 2 aliphatic rings. The van der Waals surface area contributed by atoms with E-state index < -0.39 is 6.04 Å². The number of hydrogen-bond acceptors (Lipinski definition) is 6. The highest BCUT2D eigenvalue weighted by Crippen LogP contribution is 2.28. The van der Waals surface area contributed by atoms with Crippen molar-refractivity contribution in [1.29, 1.82) is 0 Å². The van der Waals surface area contributed by atoms with Gasteiger partial charge in [0.2, 0.25) is 5.91 Å². The normalized spacial score (nSPS) is 19.8. The molecule has 10 heteroatoms. The van der Waals surface area contributed by atoms with Crippen LogP contribution in [0.4, 0.5) is 0 Å². The Hall–Kier alpha value is -4.18. The number of fused-ring (bicyclic) bond motifs is 5. The van der Waals surface area contributed by atoms with Gasteiger partial charge >= 0.3 is 0 Å². The molecular formula is C32H39N5O5. The van der Waals surface area contributed by atoms with E-state index >= 15 is 0 Å². The summed E-state index contributed by atoms with van der Waals surface area (Å²) in [5.41, 5.74) is 3.65. The lowest BCUT2D eigenvalue weighted by atomic mass is 10.0. The minimum atomic E-state index is -0.459. The molecule has 0 aliphatic carbocycles. The van der Waals surface area contributed by atoms with Crippen LogP contribution in [0.3, 0.4) is 0 Å². The van der Waals surface area contributed by atoms with Gasteiger partial charge in [-0.05, 0) is 67.6 Å². The molecule has 0 spiro atoms. The van der Waals surface area contributed by atoms with Gasteiger partial charge in [-0.25, -0.2) is 0 Å². The first-order chi connectivity index (χ1) is 20.1. The third-order valence-corrected chi connectivity index (χ3v) is 7.84. The van der Waals surface area contributed by atoms with Gasteiger partial charge in [0.1, 0.15) is 17.2 Å². The van der Waals surface area contributed by atoms with Crippen molar-refractivity contribution in [3.8, 4) is 11.5 Å². The SMILES string of the molecule is CCn1nc(C(C)C)cc1C(=O)N1CC[C@H]2OCc3cccc(c3)Oc3cc(ccc3C)C(=O)N(C)CC(=O)N[C@H]2C1. The molecule has 222 valence electrons. The van der Waals surface area contributed by atoms with Gasteiger partial charge in [-0.2, -0.15) is 5.10 Å². The molecule has 1 fully saturated rings. The van der Waals surface area contributed by atoms with Gasteiger partial charge in [-0.1, -0.05) is 32.0 Å². The minimum absolute atomic E-state index is 0.122. The van der Waals surface area contributed by atoms with Gasteiger partial charge in [0.15, 0.2) is 0 Å². The lowest BCUT2D eigenvalue weighted by Crippen LogP contribution is -2.58. The Morgan fingerprint density at radius 1 is 1.14 bits per heavy atom. The Labute approximate surface area is 246 Å². The lowest BCUT2D eigenvalue weighted by Gasteiger charge is -2.39. The number of likely N-dealkylation sites (N-methyl/N-ethyl adjacent to an activating group) is 1. The number of ether oxygens (including phenoxy) is 2. The molecule has 10 nitrogen and oxygen atoms in total. The first-order valence-electron chi connectivity index (χ1n) is 14.5. The zero-order chi connectivity index (χ0) is 30.0. The largest absolute Gasteiger partial charge is 0.457 e. The second-order valence-electron chi connectivity index (χ2n) is 11.4. The summed E-state index contributed by atoms with van der Waals surface area (Å²) in [6.07, 6.45) is 0.219. The number of aryl methyl sites for hydroxylation is 2. The highest BCUT2D eigenvalue weighted by atomic mass is 16.5. The number of carbonyl (C=O) groups excluding carboxylic acids is 3. The summed E-state index contributed by atoms with van der Waals surface area (Å²) < 4.78 is 14.3. The first kappa shape index (κ1) is 29.3. The van der Waals surface area contributed by atoms with E-state index in [9.17, 15) is 14.4 Å². The molecule has 1 N–H and O–H groups in total. The monoisotopic (exact) mass is 573 g/mol. The van der Waals surface area contributed by atoms with Crippen LogP contribution in [0.1, 0.15) is 70.8 Å². The van der Waals surface area contributed by atoms with E-state index in [0.717, 1.165) is 16.8 Å².